The van der Waals surface area contributed by atoms with Crippen molar-refractivity contribution in [3.63, 3.8) is 0 Å². The highest BCUT2D eigenvalue weighted by molar-refractivity contribution is 5.99. The fourth-order valence-electron chi connectivity index (χ4n) is 1.93. The highest BCUT2D eigenvalue weighted by atomic mass is 16.4. The summed E-state index contributed by atoms with van der Waals surface area (Å²) < 4.78 is 0. The highest BCUT2D eigenvalue weighted by Crippen LogP contribution is 2.29. The van der Waals surface area contributed by atoms with E-state index in [1.807, 2.05) is 0 Å². The molecule has 0 radical (unpaired) electrons. The Morgan fingerprint density at radius 1 is 1.32 bits per heavy atom. The minimum Gasteiger partial charge on any atom is -0.480 e. The van der Waals surface area contributed by atoms with Crippen LogP contribution in [0.5, 0.6) is 0 Å². The third kappa shape index (κ3) is 2.82. The second-order valence-electron chi connectivity index (χ2n) is 4.15. The van der Waals surface area contributed by atoms with E-state index < -0.39 is 11.9 Å². The molecule has 0 spiro atoms. The lowest BCUT2D eigenvalue weighted by atomic mass is 10.1. The molecule has 0 fully saturated rings. The summed E-state index contributed by atoms with van der Waals surface area (Å²) in [5.41, 5.74) is 0.882. The minimum absolute atomic E-state index is 0.0466. The number of carbonyl (C=O) groups is 3. The number of nitrogens with zero attached hydrogens (tertiary/aromatic N) is 1. The zero-order valence-electron chi connectivity index (χ0n) is 9.92. The van der Waals surface area contributed by atoms with Crippen LogP contribution in [0.3, 0.4) is 0 Å². The van der Waals surface area contributed by atoms with Gasteiger partial charge in [-0.25, -0.2) is 4.79 Å². The van der Waals surface area contributed by atoms with E-state index in [-0.39, 0.29) is 31.0 Å². The Kier molecular flexibility index (Phi) is 3.37. The molecule has 1 aromatic carbocycles. The summed E-state index contributed by atoms with van der Waals surface area (Å²) >= 11 is 0. The van der Waals surface area contributed by atoms with Gasteiger partial charge in [-0.3, -0.25) is 9.59 Å². The molecule has 100 valence electrons. The molecule has 0 aliphatic carbocycles. The zero-order chi connectivity index (χ0) is 14.0. The van der Waals surface area contributed by atoms with E-state index >= 15 is 0 Å². The topological polar surface area (TPSA) is 107 Å². The number of nitrogens with one attached hydrogen (secondary N) is 1. The van der Waals surface area contributed by atoms with Gasteiger partial charge in [0.15, 0.2) is 0 Å². The van der Waals surface area contributed by atoms with Crippen molar-refractivity contribution in [1.82, 2.24) is 0 Å². The highest BCUT2D eigenvalue weighted by Gasteiger charge is 2.22. The van der Waals surface area contributed by atoms with Crippen molar-refractivity contribution < 1.29 is 24.6 Å². The van der Waals surface area contributed by atoms with Crippen LogP contribution >= 0.6 is 0 Å². The van der Waals surface area contributed by atoms with Gasteiger partial charge in [0.2, 0.25) is 5.91 Å². The number of hydrogen-bond acceptors (Lipinski definition) is 4. The maximum Gasteiger partial charge on any atom is 0.335 e. The lowest BCUT2D eigenvalue weighted by Gasteiger charge is -2.22. The molecular weight excluding hydrogens is 252 g/mol. The van der Waals surface area contributed by atoms with Crippen LogP contribution in [0, 0.1) is 0 Å². The van der Waals surface area contributed by atoms with Crippen LogP contribution in [0.1, 0.15) is 16.8 Å². The Hall–Kier alpha value is -2.57. The SMILES string of the molecule is O=C(O)CN1CCC(=O)Nc2ccc(C(=O)O)cc21. The zero-order valence-corrected chi connectivity index (χ0v) is 9.92. The summed E-state index contributed by atoms with van der Waals surface area (Å²) in [7, 11) is 0. The van der Waals surface area contributed by atoms with Gasteiger partial charge in [0.25, 0.3) is 0 Å². The Morgan fingerprint density at radius 3 is 2.68 bits per heavy atom. The minimum atomic E-state index is -1.10. The van der Waals surface area contributed by atoms with Gasteiger partial charge in [-0.1, -0.05) is 0 Å². The molecule has 2 rings (SSSR count). The molecule has 0 saturated heterocycles. The first-order valence-electron chi connectivity index (χ1n) is 5.61. The van der Waals surface area contributed by atoms with Crippen LogP contribution in [-0.4, -0.2) is 41.1 Å². The summed E-state index contributed by atoms with van der Waals surface area (Å²) in [5, 5.41) is 20.4. The van der Waals surface area contributed by atoms with Crippen molar-refractivity contribution in [3.05, 3.63) is 23.8 Å². The number of carbonyl (C=O) groups excluding carboxylic acids is 1. The van der Waals surface area contributed by atoms with Crippen LogP contribution in [0.2, 0.25) is 0 Å². The van der Waals surface area contributed by atoms with Gasteiger partial charge in [-0.05, 0) is 18.2 Å². The second-order valence-corrected chi connectivity index (χ2v) is 4.15. The van der Waals surface area contributed by atoms with Gasteiger partial charge >= 0.3 is 11.9 Å². The Balaban J connectivity index is 2.45. The molecule has 1 aliphatic heterocycles. The first-order valence-corrected chi connectivity index (χ1v) is 5.61. The molecule has 0 aromatic heterocycles. The number of aromatic carboxylic acids is 1. The van der Waals surface area contributed by atoms with Crippen LogP contribution in [0.15, 0.2) is 18.2 Å². The fourth-order valence-corrected chi connectivity index (χ4v) is 1.93. The molecule has 1 heterocycles. The monoisotopic (exact) mass is 264 g/mol. The fraction of sp³-hybridized carbons (Fsp3) is 0.250. The number of rotatable bonds is 3. The summed E-state index contributed by atoms with van der Waals surface area (Å²) in [5.74, 6) is -2.37. The Morgan fingerprint density at radius 2 is 2.05 bits per heavy atom. The van der Waals surface area contributed by atoms with E-state index in [1.165, 1.54) is 23.1 Å². The molecule has 0 saturated carbocycles. The predicted molar refractivity (Wildman–Crippen MR) is 66.5 cm³/mol. The van der Waals surface area contributed by atoms with E-state index in [1.54, 1.807) is 0 Å². The van der Waals surface area contributed by atoms with E-state index in [0.29, 0.717) is 11.4 Å². The van der Waals surface area contributed by atoms with Gasteiger partial charge in [0.1, 0.15) is 6.54 Å². The second kappa shape index (κ2) is 4.97. The van der Waals surface area contributed by atoms with Crippen molar-refractivity contribution in [3.8, 4) is 0 Å². The smallest absolute Gasteiger partial charge is 0.335 e. The molecule has 7 heteroatoms. The lowest BCUT2D eigenvalue weighted by molar-refractivity contribution is -0.135. The number of carboxylic acid groups (broad SMARTS) is 2. The molecule has 0 bridgehead atoms. The number of anilines is 2. The first-order chi connectivity index (χ1) is 8.97. The molecule has 1 aromatic rings. The largest absolute Gasteiger partial charge is 0.480 e. The van der Waals surface area contributed by atoms with Crippen molar-refractivity contribution >= 4 is 29.2 Å². The third-order valence-electron chi connectivity index (χ3n) is 2.79. The van der Waals surface area contributed by atoms with Gasteiger partial charge in [0.05, 0.1) is 16.9 Å². The number of benzene rings is 1. The van der Waals surface area contributed by atoms with Crippen LogP contribution in [0.4, 0.5) is 11.4 Å². The van der Waals surface area contributed by atoms with Crippen molar-refractivity contribution in [1.29, 1.82) is 0 Å². The van der Waals surface area contributed by atoms with E-state index in [4.69, 9.17) is 10.2 Å². The Labute approximate surface area is 108 Å². The van der Waals surface area contributed by atoms with Gasteiger partial charge in [-0.15, -0.1) is 0 Å². The average Bonchev–Trinajstić information content (AvgIpc) is 2.48. The Bertz CT molecular complexity index is 555. The molecular formula is C12H12N2O5. The average molecular weight is 264 g/mol. The normalized spacial score (nSPS) is 14.3. The number of hydrogen-bond donors (Lipinski definition) is 3. The molecule has 7 nitrogen and oxygen atoms in total. The summed E-state index contributed by atoms with van der Waals surface area (Å²) in [6.45, 7) is -0.0563. The lowest BCUT2D eigenvalue weighted by Crippen LogP contribution is -2.30. The van der Waals surface area contributed by atoms with Gasteiger partial charge in [0, 0.05) is 13.0 Å². The molecule has 0 unspecified atom stereocenters. The van der Waals surface area contributed by atoms with E-state index in [0.717, 1.165) is 0 Å². The van der Waals surface area contributed by atoms with Crippen molar-refractivity contribution in [2.75, 3.05) is 23.3 Å². The summed E-state index contributed by atoms with van der Waals surface area (Å²) in [6.07, 6.45) is 0.157. The van der Waals surface area contributed by atoms with Crippen molar-refractivity contribution in [2.45, 2.75) is 6.42 Å². The van der Waals surface area contributed by atoms with Crippen LogP contribution in [0.25, 0.3) is 0 Å². The van der Waals surface area contributed by atoms with E-state index in [2.05, 4.69) is 5.32 Å². The number of fused-ring (bicyclic) bond motifs is 1. The molecule has 0 atom stereocenters. The third-order valence-corrected chi connectivity index (χ3v) is 2.79. The maximum absolute atomic E-state index is 11.5. The van der Waals surface area contributed by atoms with Crippen molar-refractivity contribution in [2.24, 2.45) is 0 Å². The maximum atomic E-state index is 11.5. The standard InChI is InChI=1S/C12H12N2O5/c15-10-3-4-14(6-11(16)17)9-5-7(12(18)19)1-2-8(9)13-10/h1-2,5H,3-4,6H2,(H,13,15)(H,16,17)(H,18,19). The van der Waals surface area contributed by atoms with Crippen LogP contribution in [-0.2, 0) is 9.59 Å². The van der Waals surface area contributed by atoms with Crippen LogP contribution < -0.4 is 10.2 Å². The summed E-state index contributed by atoms with van der Waals surface area (Å²) in [4.78, 5) is 34.7. The quantitative estimate of drug-likeness (QED) is 0.738. The molecule has 19 heavy (non-hydrogen) atoms. The van der Waals surface area contributed by atoms with E-state index in [9.17, 15) is 14.4 Å². The predicted octanol–water partition coefficient (Wildman–Crippen LogP) is 0.618. The van der Waals surface area contributed by atoms with Gasteiger partial charge in [-0.2, -0.15) is 0 Å². The summed E-state index contributed by atoms with van der Waals surface area (Å²) in [6, 6.07) is 4.20. The molecule has 3 N–H and O–H groups in total. The van der Waals surface area contributed by atoms with Gasteiger partial charge < -0.3 is 20.4 Å². The molecule has 1 aliphatic rings. The number of amides is 1. The first kappa shape index (κ1) is 12.9. The number of carboxylic acids is 2. The molecule has 1 amide bonds. The number of aliphatic carboxylic acids is 1.